The van der Waals surface area contributed by atoms with Crippen molar-refractivity contribution >= 4 is 29.1 Å². The lowest BCUT2D eigenvalue weighted by Gasteiger charge is -2.08. The minimum Gasteiger partial charge on any atom is -0.502 e. The topological polar surface area (TPSA) is 102 Å². The first kappa shape index (κ1) is 14.0. The van der Waals surface area contributed by atoms with Gasteiger partial charge in [0.1, 0.15) is 12.3 Å². The average Bonchev–Trinajstić information content (AvgIpc) is 2.31. The fourth-order valence-corrected chi connectivity index (χ4v) is 1.32. The maximum absolute atomic E-state index is 11.2. The number of halogens is 1. The van der Waals surface area contributed by atoms with Gasteiger partial charge in [0, 0.05) is 0 Å². The number of carbonyl (C=O) groups excluding carboxylic acids is 1. The van der Waals surface area contributed by atoms with Crippen LogP contribution in [0.25, 0.3) is 0 Å². The number of hydrogen-bond acceptors (Lipinski definition) is 5. The summed E-state index contributed by atoms with van der Waals surface area (Å²) in [4.78, 5) is 21.3. The zero-order chi connectivity index (χ0) is 13.7. The molecule has 1 aromatic rings. The highest BCUT2D eigenvalue weighted by Gasteiger charge is 2.23. The number of amides is 1. The van der Waals surface area contributed by atoms with E-state index in [9.17, 15) is 20.0 Å². The van der Waals surface area contributed by atoms with Gasteiger partial charge in [-0.25, -0.2) is 4.79 Å². The molecule has 8 heteroatoms. The van der Waals surface area contributed by atoms with Gasteiger partial charge < -0.3 is 9.84 Å². The van der Waals surface area contributed by atoms with Crippen molar-refractivity contribution in [2.75, 3.05) is 17.8 Å². The van der Waals surface area contributed by atoms with Crippen LogP contribution in [-0.4, -0.2) is 28.6 Å². The van der Waals surface area contributed by atoms with Crippen LogP contribution in [0.4, 0.5) is 16.2 Å². The van der Waals surface area contributed by atoms with Crippen molar-refractivity contribution < 1.29 is 19.6 Å². The van der Waals surface area contributed by atoms with Gasteiger partial charge in [0.15, 0.2) is 5.75 Å². The van der Waals surface area contributed by atoms with E-state index in [4.69, 9.17) is 11.6 Å². The quantitative estimate of drug-likeness (QED) is 0.499. The lowest BCUT2D eigenvalue weighted by Crippen LogP contribution is -2.15. The molecule has 0 atom stereocenters. The molecule has 1 amide bonds. The Balaban J connectivity index is 2.99. The first-order chi connectivity index (χ1) is 8.47. The molecule has 0 spiro atoms. The predicted molar refractivity (Wildman–Crippen MR) is 65.2 cm³/mol. The van der Waals surface area contributed by atoms with E-state index in [2.05, 4.69) is 10.1 Å². The number of rotatable bonds is 4. The number of anilines is 1. The number of nitrogens with one attached hydrogen (secondary N) is 1. The highest BCUT2D eigenvalue weighted by molar-refractivity contribution is 6.18. The van der Waals surface area contributed by atoms with Gasteiger partial charge in [0.25, 0.3) is 0 Å². The van der Waals surface area contributed by atoms with Crippen LogP contribution >= 0.6 is 11.6 Å². The molecule has 0 bridgehead atoms. The van der Waals surface area contributed by atoms with Crippen LogP contribution < -0.4 is 5.32 Å². The van der Waals surface area contributed by atoms with Crippen LogP contribution in [0.15, 0.2) is 12.1 Å². The Morgan fingerprint density at radius 1 is 1.61 bits per heavy atom. The number of ether oxygens (including phenoxy) is 1. The summed E-state index contributed by atoms with van der Waals surface area (Å²) in [5.74, 6) is -0.371. The maximum Gasteiger partial charge on any atom is 0.411 e. The summed E-state index contributed by atoms with van der Waals surface area (Å²) >= 11 is 5.32. The molecule has 1 rings (SSSR count). The molecule has 1 aromatic carbocycles. The van der Waals surface area contributed by atoms with Gasteiger partial charge in [0.2, 0.25) is 0 Å². The Morgan fingerprint density at radius 2 is 2.28 bits per heavy atom. The Hall–Kier alpha value is -2.02. The molecule has 0 fully saturated rings. The minimum atomic E-state index is -0.873. The van der Waals surface area contributed by atoms with Crippen LogP contribution in [0.5, 0.6) is 5.75 Å². The number of aryl methyl sites for hydroxylation is 1. The predicted octanol–water partition coefficient (Wildman–Crippen LogP) is 2.40. The Morgan fingerprint density at radius 3 is 2.83 bits per heavy atom. The van der Waals surface area contributed by atoms with Gasteiger partial charge in [-0.1, -0.05) is 6.07 Å². The molecule has 0 radical (unpaired) electrons. The molecule has 0 aliphatic carbocycles. The van der Waals surface area contributed by atoms with Crippen molar-refractivity contribution in [2.24, 2.45) is 0 Å². The summed E-state index contributed by atoms with van der Waals surface area (Å²) < 4.78 is 4.61. The molecule has 0 aliphatic rings. The molecule has 7 nitrogen and oxygen atoms in total. The van der Waals surface area contributed by atoms with Crippen LogP contribution in [-0.2, 0) is 4.74 Å². The van der Waals surface area contributed by atoms with Crippen molar-refractivity contribution in [2.45, 2.75) is 6.92 Å². The van der Waals surface area contributed by atoms with Crippen molar-refractivity contribution in [1.29, 1.82) is 0 Å². The highest BCUT2D eigenvalue weighted by atomic mass is 35.5. The molecule has 18 heavy (non-hydrogen) atoms. The second-order valence-electron chi connectivity index (χ2n) is 3.33. The molecule has 0 aliphatic heterocycles. The largest absolute Gasteiger partial charge is 0.502 e. The molecule has 0 aromatic heterocycles. The summed E-state index contributed by atoms with van der Waals surface area (Å²) in [5.41, 5.74) is -0.373. The third-order valence-electron chi connectivity index (χ3n) is 2.08. The summed E-state index contributed by atoms with van der Waals surface area (Å²) in [5, 5.41) is 22.6. The summed E-state index contributed by atoms with van der Waals surface area (Å²) in [6.45, 7) is 1.50. The molecule has 0 heterocycles. The smallest absolute Gasteiger partial charge is 0.411 e. The number of nitrogens with zero attached hydrogens (tertiary/aromatic N) is 1. The zero-order valence-corrected chi connectivity index (χ0v) is 10.2. The number of aromatic hydroxyl groups is 1. The van der Waals surface area contributed by atoms with Crippen molar-refractivity contribution in [3.05, 3.63) is 27.8 Å². The van der Waals surface area contributed by atoms with E-state index in [0.29, 0.717) is 5.56 Å². The Labute approximate surface area is 107 Å². The maximum atomic E-state index is 11.2. The van der Waals surface area contributed by atoms with E-state index >= 15 is 0 Å². The normalized spacial score (nSPS) is 9.89. The molecule has 0 unspecified atom stereocenters. The van der Waals surface area contributed by atoms with Crippen LogP contribution in [0.1, 0.15) is 5.56 Å². The fourth-order valence-electron chi connectivity index (χ4n) is 1.24. The Kier molecular flexibility index (Phi) is 4.73. The van der Waals surface area contributed by atoms with E-state index in [0.717, 1.165) is 0 Å². The van der Waals surface area contributed by atoms with Crippen LogP contribution in [0.3, 0.4) is 0 Å². The number of nitro benzene ring substituents is 1. The molecular weight excluding hydrogens is 264 g/mol. The molecule has 98 valence electrons. The molecular formula is C10H11ClN2O5. The summed E-state index contributed by atoms with van der Waals surface area (Å²) in [6, 6.07) is 2.76. The Bertz CT molecular complexity index is 478. The van der Waals surface area contributed by atoms with Crippen LogP contribution in [0.2, 0.25) is 0 Å². The first-order valence-electron chi connectivity index (χ1n) is 4.94. The summed E-state index contributed by atoms with van der Waals surface area (Å²) in [7, 11) is 0. The van der Waals surface area contributed by atoms with Gasteiger partial charge in [0.05, 0.1) is 10.8 Å². The zero-order valence-electron chi connectivity index (χ0n) is 9.47. The third kappa shape index (κ3) is 3.24. The van der Waals surface area contributed by atoms with E-state index in [1.165, 1.54) is 19.1 Å². The number of alkyl halides is 1. The lowest BCUT2D eigenvalue weighted by atomic mass is 10.1. The van der Waals surface area contributed by atoms with Gasteiger partial charge >= 0.3 is 11.8 Å². The van der Waals surface area contributed by atoms with Gasteiger partial charge in [-0.2, -0.15) is 0 Å². The van der Waals surface area contributed by atoms with E-state index < -0.39 is 22.5 Å². The second-order valence-corrected chi connectivity index (χ2v) is 3.71. The van der Waals surface area contributed by atoms with Crippen molar-refractivity contribution in [3.8, 4) is 5.75 Å². The SMILES string of the molecule is Cc1ccc(NC(=O)OCCCl)c([N+](=O)[O-])c1O. The fraction of sp³-hybridized carbons (Fsp3) is 0.300. The monoisotopic (exact) mass is 274 g/mol. The number of phenols is 1. The van der Waals surface area contributed by atoms with Gasteiger partial charge in [-0.05, 0) is 18.6 Å². The van der Waals surface area contributed by atoms with Crippen molar-refractivity contribution in [3.63, 3.8) is 0 Å². The van der Waals surface area contributed by atoms with Crippen LogP contribution in [0, 0.1) is 17.0 Å². The minimum absolute atomic E-state index is 0.0149. The van der Waals surface area contributed by atoms with E-state index in [1.807, 2.05) is 0 Å². The average molecular weight is 275 g/mol. The number of carbonyl (C=O) groups is 1. The number of benzene rings is 1. The molecule has 0 saturated heterocycles. The van der Waals surface area contributed by atoms with Crippen molar-refractivity contribution in [1.82, 2.24) is 0 Å². The number of phenolic OH excluding ortho intramolecular Hbond substituents is 1. The molecule has 2 N–H and O–H groups in total. The van der Waals surface area contributed by atoms with Gasteiger partial charge in [-0.3, -0.25) is 15.4 Å². The second kappa shape index (κ2) is 6.06. The standard InChI is InChI=1S/C10H11ClN2O5/c1-6-2-3-7(8(9(6)14)13(16)17)12-10(15)18-5-4-11/h2-3,14H,4-5H2,1H3,(H,12,15). The first-order valence-corrected chi connectivity index (χ1v) is 5.47. The number of nitro groups is 1. The number of hydrogen-bond donors (Lipinski definition) is 2. The van der Waals surface area contributed by atoms with E-state index in [1.54, 1.807) is 0 Å². The summed E-state index contributed by atoms with van der Waals surface area (Å²) in [6.07, 6.45) is -0.873. The third-order valence-corrected chi connectivity index (χ3v) is 2.24. The molecule has 0 saturated carbocycles. The lowest BCUT2D eigenvalue weighted by molar-refractivity contribution is -0.385. The highest BCUT2D eigenvalue weighted by Crippen LogP contribution is 2.36. The van der Waals surface area contributed by atoms with E-state index in [-0.39, 0.29) is 18.2 Å². The van der Waals surface area contributed by atoms with Gasteiger partial charge in [-0.15, -0.1) is 11.6 Å².